The van der Waals surface area contributed by atoms with E-state index in [0.29, 0.717) is 12.1 Å². The summed E-state index contributed by atoms with van der Waals surface area (Å²) in [6, 6.07) is 7.49. The predicted molar refractivity (Wildman–Crippen MR) is 73.9 cm³/mol. The molecule has 0 unspecified atom stereocenters. The maximum absolute atomic E-state index is 12.2. The number of benzene rings is 1. The van der Waals surface area contributed by atoms with Crippen LogP contribution in [0.5, 0.6) is 0 Å². The number of aliphatic hydroxyl groups excluding tert-OH is 1. The Bertz CT molecular complexity index is 380. The molecule has 0 heterocycles. The van der Waals surface area contributed by atoms with Crippen molar-refractivity contribution >= 4 is 11.6 Å². The quantitative estimate of drug-likeness (QED) is 0.727. The number of nitrogens with one attached hydrogen (secondary N) is 1. The number of unbranched alkanes of at least 4 members (excludes halogenated alkanes) is 1. The molecular formula is C14H22N2O2. The normalized spacial score (nSPS) is 10.2. The highest BCUT2D eigenvalue weighted by Crippen LogP contribution is 2.16. The molecule has 4 nitrogen and oxygen atoms in total. The molecule has 0 saturated heterocycles. The second-order valence-corrected chi connectivity index (χ2v) is 4.28. The first-order valence-corrected chi connectivity index (χ1v) is 6.40. The van der Waals surface area contributed by atoms with E-state index in [0.717, 1.165) is 25.1 Å². The van der Waals surface area contributed by atoms with Gasteiger partial charge in [-0.25, -0.2) is 0 Å². The summed E-state index contributed by atoms with van der Waals surface area (Å²) in [5.41, 5.74) is 1.52. The zero-order chi connectivity index (χ0) is 13.4. The molecule has 0 saturated carbocycles. The Morgan fingerprint density at radius 2 is 2.11 bits per heavy atom. The number of carbonyl (C=O) groups is 1. The molecule has 0 spiro atoms. The molecule has 1 aromatic rings. The smallest absolute Gasteiger partial charge is 0.255 e. The number of carbonyl (C=O) groups excluding carboxylic acids is 1. The van der Waals surface area contributed by atoms with E-state index in [1.165, 1.54) is 4.90 Å². The van der Waals surface area contributed by atoms with Crippen LogP contribution in [-0.2, 0) is 0 Å². The van der Waals surface area contributed by atoms with Gasteiger partial charge >= 0.3 is 0 Å². The standard InChI is InChI=1S/C14H22N2O2/c1-3-4-9-15-13-8-6-5-7-12(13)14(18)16(2)10-11-17/h5-8,15,17H,3-4,9-11H2,1-2H3. The van der Waals surface area contributed by atoms with E-state index < -0.39 is 0 Å². The lowest BCUT2D eigenvalue weighted by Crippen LogP contribution is -2.30. The zero-order valence-electron chi connectivity index (χ0n) is 11.1. The monoisotopic (exact) mass is 250 g/mol. The minimum Gasteiger partial charge on any atom is -0.395 e. The molecule has 0 aliphatic carbocycles. The second-order valence-electron chi connectivity index (χ2n) is 4.28. The van der Waals surface area contributed by atoms with Crippen LogP contribution in [0.1, 0.15) is 30.1 Å². The number of aliphatic hydroxyl groups is 1. The Morgan fingerprint density at radius 1 is 1.39 bits per heavy atom. The third-order valence-corrected chi connectivity index (χ3v) is 2.79. The van der Waals surface area contributed by atoms with Crippen LogP contribution < -0.4 is 5.32 Å². The van der Waals surface area contributed by atoms with Gasteiger partial charge < -0.3 is 15.3 Å². The minimum atomic E-state index is -0.0661. The Labute approximate surface area is 109 Å². The van der Waals surface area contributed by atoms with E-state index in [1.54, 1.807) is 7.05 Å². The van der Waals surface area contributed by atoms with Gasteiger partial charge in [0.05, 0.1) is 12.2 Å². The topological polar surface area (TPSA) is 52.6 Å². The summed E-state index contributed by atoms with van der Waals surface area (Å²) >= 11 is 0. The third kappa shape index (κ3) is 4.04. The summed E-state index contributed by atoms with van der Waals surface area (Å²) in [6.45, 7) is 3.33. The fourth-order valence-corrected chi connectivity index (χ4v) is 1.68. The van der Waals surface area contributed by atoms with Crippen molar-refractivity contribution in [3.8, 4) is 0 Å². The van der Waals surface area contributed by atoms with Crippen LogP contribution in [-0.4, -0.2) is 42.7 Å². The lowest BCUT2D eigenvalue weighted by molar-refractivity contribution is 0.0768. The van der Waals surface area contributed by atoms with Crippen LogP contribution in [0.4, 0.5) is 5.69 Å². The molecule has 1 amide bonds. The molecular weight excluding hydrogens is 228 g/mol. The molecule has 0 aromatic heterocycles. The first-order valence-electron chi connectivity index (χ1n) is 6.40. The van der Waals surface area contributed by atoms with Crippen molar-refractivity contribution in [3.05, 3.63) is 29.8 Å². The van der Waals surface area contributed by atoms with E-state index in [2.05, 4.69) is 12.2 Å². The first-order chi connectivity index (χ1) is 8.70. The Morgan fingerprint density at radius 3 is 2.78 bits per heavy atom. The number of amides is 1. The molecule has 1 rings (SSSR count). The SMILES string of the molecule is CCCCNc1ccccc1C(=O)N(C)CCO. The van der Waals surface area contributed by atoms with Crippen LogP contribution in [0.2, 0.25) is 0 Å². The predicted octanol–water partition coefficient (Wildman–Crippen LogP) is 1.96. The van der Waals surface area contributed by atoms with Crippen molar-refractivity contribution in [2.75, 3.05) is 32.1 Å². The van der Waals surface area contributed by atoms with E-state index in [1.807, 2.05) is 24.3 Å². The van der Waals surface area contributed by atoms with Gasteiger partial charge in [-0.15, -0.1) is 0 Å². The van der Waals surface area contributed by atoms with Crippen molar-refractivity contribution in [2.24, 2.45) is 0 Å². The molecule has 1 aromatic carbocycles. The number of anilines is 1. The fourth-order valence-electron chi connectivity index (χ4n) is 1.68. The second kappa shape index (κ2) is 7.71. The number of rotatable bonds is 7. The number of hydrogen-bond acceptors (Lipinski definition) is 3. The summed E-state index contributed by atoms with van der Waals surface area (Å²) < 4.78 is 0. The minimum absolute atomic E-state index is 0.0202. The molecule has 18 heavy (non-hydrogen) atoms. The van der Waals surface area contributed by atoms with Gasteiger partial charge in [-0.05, 0) is 18.6 Å². The molecule has 100 valence electrons. The molecule has 0 radical (unpaired) electrons. The van der Waals surface area contributed by atoms with E-state index in [-0.39, 0.29) is 12.5 Å². The van der Waals surface area contributed by atoms with Crippen LogP contribution >= 0.6 is 0 Å². The van der Waals surface area contributed by atoms with Crippen LogP contribution in [0, 0.1) is 0 Å². The van der Waals surface area contributed by atoms with Crippen molar-refractivity contribution in [3.63, 3.8) is 0 Å². The average molecular weight is 250 g/mol. The van der Waals surface area contributed by atoms with Gasteiger partial charge in [0, 0.05) is 25.8 Å². The molecule has 0 aliphatic heterocycles. The molecule has 2 N–H and O–H groups in total. The lowest BCUT2D eigenvalue weighted by Gasteiger charge is -2.18. The van der Waals surface area contributed by atoms with Gasteiger partial charge in [0.1, 0.15) is 0 Å². The first kappa shape index (κ1) is 14.5. The Kier molecular flexibility index (Phi) is 6.22. The van der Waals surface area contributed by atoms with Crippen LogP contribution in [0.25, 0.3) is 0 Å². The number of likely N-dealkylation sites (N-methyl/N-ethyl adjacent to an activating group) is 1. The summed E-state index contributed by atoms with van der Waals surface area (Å²) in [5.74, 6) is -0.0661. The lowest BCUT2D eigenvalue weighted by atomic mass is 10.1. The average Bonchev–Trinajstić information content (AvgIpc) is 2.39. The highest BCUT2D eigenvalue weighted by molar-refractivity contribution is 5.99. The highest BCUT2D eigenvalue weighted by atomic mass is 16.3. The van der Waals surface area contributed by atoms with Crippen molar-refractivity contribution in [2.45, 2.75) is 19.8 Å². The third-order valence-electron chi connectivity index (χ3n) is 2.79. The van der Waals surface area contributed by atoms with Gasteiger partial charge in [0.15, 0.2) is 0 Å². The zero-order valence-corrected chi connectivity index (χ0v) is 11.1. The van der Waals surface area contributed by atoms with Crippen LogP contribution in [0.15, 0.2) is 24.3 Å². The van der Waals surface area contributed by atoms with Gasteiger partial charge in [-0.3, -0.25) is 4.79 Å². The van der Waals surface area contributed by atoms with Gasteiger partial charge in [-0.1, -0.05) is 25.5 Å². The molecule has 4 heteroatoms. The molecule has 0 atom stereocenters. The number of nitrogens with zero attached hydrogens (tertiary/aromatic N) is 1. The van der Waals surface area contributed by atoms with Gasteiger partial charge in [0.25, 0.3) is 5.91 Å². The number of hydrogen-bond donors (Lipinski definition) is 2. The van der Waals surface area contributed by atoms with E-state index in [9.17, 15) is 4.79 Å². The highest BCUT2D eigenvalue weighted by Gasteiger charge is 2.14. The molecule has 0 aliphatic rings. The summed E-state index contributed by atoms with van der Waals surface area (Å²) in [5, 5.41) is 12.1. The fraction of sp³-hybridized carbons (Fsp3) is 0.500. The van der Waals surface area contributed by atoms with Crippen LogP contribution in [0.3, 0.4) is 0 Å². The summed E-state index contributed by atoms with van der Waals surface area (Å²) in [7, 11) is 1.70. The number of para-hydroxylation sites is 1. The Hall–Kier alpha value is -1.55. The van der Waals surface area contributed by atoms with E-state index >= 15 is 0 Å². The maximum Gasteiger partial charge on any atom is 0.255 e. The van der Waals surface area contributed by atoms with Crippen molar-refractivity contribution in [1.29, 1.82) is 0 Å². The van der Waals surface area contributed by atoms with Gasteiger partial charge in [0.2, 0.25) is 0 Å². The maximum atomic E-state index is 12.2. The van der Waals surface area contributed by atoms with Crippen molar-refractivity contribution in [1.82, 2.24) is 4.90 Å². The Balaban J connectivity index is 2.77. The van der Waals surface area contributed by atoms with E-state index in [4.69, 9.17) is 5.11 Å². The van der Waals surface area contributed by atoms with Gasteiger partial charge in [-0.2, -0.15) is 0 Å². The molecule has 0 fully saturated rings. The summed E-state index contributed by atoms with van der Waals surface area (Å²) in [6.07, 6.45) is 2.20. The summed E-state index contributed by atoms with van der Waals surface area (Å²) in [4.78, 5) is 13.7. The molecule has 0 bridgehead atoms. The largest absolute Gasteiger partial charge is 0.395 e. The van der Waals surface area contributed by atoms with Crippen molar-refractivity contribution < 1.29 is 9.90 Å².